The van der Waals surface area contributed by atoms with E-state index in [1.807, 2.05) is 30.3 Å². The first kappa shape index (κ1) is 16.3. The lowest BCUT2D eigenvalue weighted by Gasteiger charge is -2.21. The van der Waals surface area contributed by atoms with Gasteiger partial charge in [-0.1, -0.05) is 30.3 Å². The van der Waals surface area contributed by atoms with Crippen LogP contribution in [0.1, 0.15) is 25.8 Å². The normalized spacial score (nSPS) is 15.3. The van der Waals surface area contributed by atoms with Gasteiger partial charge < -0.3 is 10.2 Å². The van der Waals surface area contributed by atoms with Crippen molar-refractivity contribution in [2.75, 3.05) is 0 Å². The Morgan fingerprint density at radius 1 is 1.20 bits per heavy atom. The Morgan fingerprint density at radius 2 is 1.80 bits per heavy atom. The van der Waals surface area contributed by atoms with E-state index in [9.17, 15) is 14.7 Å². The number of aliphatic hydroxyl groups excluding tert-OH is 1. The number of benzene rings is 1. The van der Waals surface area contributed by atoms with E-state index in [2.05, 4.69) is 5.32 Å². The van der Waals surface area contributed by atoms with Gasteiger partial charge in [0.15, 0.2) is 5.78 Å². The van der Waals surface area contributed by atoms with E-state index < -0.39 is 24.2 Å². The van der Waals surface area contributed by atoms with Gasteiger partial charge in [0, 0.05) is 0 Å². The van der Waals surface area contributed by atoms with E-state index in [0.29, 0.717) is 12.8 Å². The number of aryl methyl sites for hydroxylation is 1. The molecular formula is C15H21NO4. The van der Waals surface area contributed by atoms with Crippen LogP contribution in [0.25, 0.3) is 0 Å². The zero-order valence-electron chi connectivity index (χ0n) is 11.7. The summed E-state index contributed by atoms with van der Waals surface area (Å²) in [5, 5.41) is 21.1. The number of hydrogen-bond donors (Lipinski definition) is 3. The minimum atomic E-state index is -1.11. The molecule has 20 heavy (non-hydrogen) atoms. The van der Waals surface area contributed by atoms with E-state index in [1.54, 1.807) is 0 Å². The van der Waals surface area contributed by atoms with Crippen molar-refractivity contribution in [3.63, 3.8) is 0 Å². The molecule has 0 saturated heterocycles. The lowest BCUT2D eigenvalue weighted by atomic mass is 9.99. The largest absolute Gasteiger partial charge is 0.480 e. The molecule has 1 aromatic rings. The van der Waals surface area contributed by atoms with Gasteiger partial charge in [0.05, 0.1) is 6.04 Å². The number of nitrogens with one attached hydrogen (secondary N) is 1. The fraction of sp³-hybridized carbons (Fsp3) is 0.467. The summed E-state index contributed by atoms with van der Waals surface area (Å²) in [6.07, 6.45) is -0.0152. The van der Waals surface area contributed by atoms with Crippen molar-refractivity contribution in [3.05, 3.63) is 35.9 Å². The van der Waals surface area contributed by atoms with E-state index >= 15 is 0 Å². The molecule has 0 aliphatic carbocycles. The first-order chi connectivity index (χ1) is 9.41. The minimum absolute atomic E-state index is 0.381. The number of ketones is 1. The molecule has 0 fully saturated rings. The maximum Gasteiger partial charge on any atom is 0.320 e. The molecule has 1 rings (SSSR count). The zero-order valence-corrected chi connectivity index (χ0v) is 11.7. The molecule has 5 nitrogen and oxygen atoms in total. The Labute approximate surface area is 118 Å². The monoisotopic (exact) mass is 279 g/mol. The molecule has 0 aliphatic heterocycles. The molecule has 0 aliphatic rings. The Hall–Kier alpha value is -1.72. The summed E-state index contributed by atoms with van der Waals surface area (Å²) < 4.78 is 0. The molecule has 0 amide bonds. The highest BCUT2D eigenvalue weighted by molar-refractivity contribution is 5.88. The second kappa shape index (κ2) is 7.77. The Bertz CT molecular complexity index is 444. The topological polar surface area (TPSA) is 86.6 Å². The summed E-state index contributed by atoms with van der Waals surface area (Å²) in [6, 6.07) is 8.13. The summed E-state index contributed by atoms with van der Waals surface area (Å²) in [7, 11) is 0. The highest BCUT2D eigenvalue weighted by Crippen LogP contribution is 2.08. The third-order valence-electron chi connectivity index (χ3n) is 3.14. The fourth-order valence-electron chi connectivity index (χ4n) is 1.93. The molecule has 1 aromatic carbocycles. The van der Waals surface area contributed by atoms with Crippen LogP contribution < -0.4 is 5.32 Å². The molecule has 5 heteroatoms. The van der Waals surface area contributed by atoms with Crippen molar-refractivity contribution in [1.82, 2.24) is 5.32 Å². The molecule has 3 N–H and O–H groups in total. The van der Waals surface area contributed by atoms with Gasteiger partial charge in [-0.15, -0.1) is 0 Å². The van der Waals surface area contributed by atoms with Crippen LogP contribution in [-0.4, -0.2) is 40.2 Å². The maximum atomic E-state index is 11.9. The summed E-state index contributed by atoms with van der Waals surface area (Å²) in [6.45, 7) is 2.87. The summed E-state index contributed by atoms with van der Waals surface area (Å²) >= 11 is 0. The van der Waals surface area contributed by atoms with Crippen molar-refractivity contribution in [2.45, 2.75) is 44.9 Å². The van der Waals surface area contributed by atoms with Crippen LogP contribution in [0.5, 0.6) is 0 Å². The van der Waals surface area contributed by atoms with Gasteiger partial charge in [-0.2, -0.15) is 0 Å². The number of Topliss-reactive ketones (excluding diaryl/α,β-unsaturated/α-hetero) is 1. The first-order valence-corrected chi connectivity index (χ1v) is 6.66. The van der Waals surface area contributed by atoms with Gasteiger partial charge in [0.25, 0.3) is 0 Å². The first-order valence-electron chi connectivity index (χ1n) is 6.66. The minimum Gasteiger partial charge on any atom is -0.480 e. The van der Waals surface area contributed by atoms with Gasteiger partial charge in [0.2, 0.25) is 0 Å². The molecule has 0 aromatic heterocycles. The summed E-state index contributed by atoms with van der Waals surface area (Å²) in [4.78, 5) is 22.8. The molecule has 0 heterocycles. The van der Waals surface area contributed by atoms with Gasteiger partial charge in [-0.3, -0.25) is 14.9 Å². The van der Waals surface area contributed by atoms with Gasteiger partial charge in [-0.05, 0) is 32.3 Å². The highest BCUT2D eigenvalue weighted by Gasteiger charge is 2.25. The molecule has 0 bridgehead atoms. The van der Waals surface area contributed by atoms with E-state index in [0.717, 1.165) is 5.56 Å². The summed E-state index contributed by atoms with van der Waals surface area (Å²) in [5.41, 5.74) is 1.07. The number of aliphatic hydroxyl groups is 1. The Balaban J connectivity index is 2.67. The molecule has 0 saturated carbocycles. The quantitative estimate of drug-likeness (QED) is 0.661. The lowest BCUT2D eigenvalue weighted by molar-refractivity contribution is -0.139. The number of carbonyl (C=O) groups is 2. The van der Waals surface area contributed by atoms with Gasteiger partial charge in [0.1, 0.15) is 12.1 Å². The van der Waals surface area contributed by atoms with Gasteiger partial charge in [-0.25, -0.2) is 0 Å². The molecule has 3 atom stereocenters. The molecule has 0 spiro atoms. The number of rotatable bonds is 8. The predicted molar refractivity (Wildman–Crippen MR) is 75.5 cm³/mol. The van der Waals surface area contributed by atoms with Crippen molar-refractivity contribution >= 4 is 11.8 Å². The Kier molecular flexibility index (Phi) is 6.35. The van der Waals surface area contributed by atoms with E-state index in [4.69, 9.17) is 5.11 Å². The third kappa shape index (κ3) is 5.11. The fourth-order valence-corrected chi connectivity index (χ4v) is 1.93. The van der Waals surface area contributed by atoms with Crippen LogP contribution in [0.4, 0.5) is 0 Å². The standard InChI is InChI=1S/C15H21NO4/c1-10(15(19)20)16-13(14(18)11(2)17)9-8-12-6-4-3-5-7-12/h3-7,10-11,13,16-17H,8-9H2,1-2H3,(H,19,20)/t10-,11?,13-/m0/s1. The number of hydrogen-bond acceptors (Lipinski definition) is 4. The van der Waals surface area contributed by atoms with Crippen molar-refractivity contribution < 1.29 is 19.8 Å². The van der Waals surface area contributed by atoms with Crippen molar-refractivity contribution in [2.24, 2.45) is 0 Å². The SMILES string of the molecule is CC(O)C(=O)[C@H](CCc1ccccc1)N[C@@H](C)C(=O)O. The van der Waals surface area contributed by atoms with Crippen LogP contribution in [0.2, 0.25) is 0 Å². The lowest BCUT2D eigenvalue weighted by Crippen LogP contribution is -2.48. The van der Waals surface area contributed by atoms with Crippen LogP contribution in [0, 0.1) is 0 Å². The van der Waals surface area contributed by atoms with Gasteiger partial charge >= 0.3 is 5.97 Å². The number of carboxylic acid groups (broad SMARTS) is 1. The smallest absolute Gasteiger partial charge is 0.320 e. The maximum absolute atomic E-state index is 11.9. The van der Waals surface area contributed by atoms with Crippen LogP contribution >= 0.6 is 0 Å². The van der Waals surface area contributed by atoms with Crippen LogP contribution in [-0.2, 0) is 16.0 Å². The average Bonchev–Trinajstić information content (AvgIpc) is 2.43. The third-order valence-corrected chi connectivity index (χ3v) is 3.14. The number of aliphatic carboxylic acids is 1. The second-order valence-corrected chi connectivity index (χ2v) is 4.88. The molecular weight excluding hydrogens is 258 g/mol. The Morgan fingerprint density at radius 3 is 2.30 bits per heavy atom. The van der Waals surface area contributed by atoms with E-state index in [-0.39, 0.29) is 5.78 Å². The molecule has 110 valence electrons. The predicted octanol–water partition coefficient (Wildman–Crippen LogP) is 1.00. The number of carboxylic acids is 1. The van der Waals surface area contributed by atoms with Crippen molar-refractivity contribution in [1.29, 1.82) is 0 Å². The summed E-state index contributed by atoms with van der Waals surface area (Å²) in [5.74, 6) is -1.40. The van der Waals surface area contributed by atoms with E-state index in [1.165, 1.54) is 13.8 Å². The van der Waals surface area contributed by atoms with Crippen LogP contribution in [0.3, 0.4) is 0 Å². The second-order valence-electron chi connectivity index (χ2n) is 4.88. The highest BCUT2D eigenvalue weighted by atomic mass is 16.4. The zero-order chi connectivity index (χ0) is 15.1. The number of carbonyl (C=O) groups excluding carboxylic acids is 1. The van der Waals surface area contributed by atoms with Crippen LogP contribution in [0.15, 0.2) is 30.3 Å². The van der Waals surface area contributed by atoms with Crippen molar-refractivity contribution in [3.8, 4) is 0 Å². The molecule has 0 radical (unpaired) electrons. The average molecular weight is 279 g/mol. The molecule has 1 unspecified atom stereocenters.